The first kappa shape index (κ1) is 25.4. The molecule has 0 N–H and O–H groups in total. The summed E-state index contributed by atoms with van der Waals surface area (Å²) in [7, 11) is 0. The van der Waals surface area contributed by atoms with Crippen LogP contribution in [0.4, 0.5) is 0 Å². The maximum Gasteiger partial charge on any atom is 0.0460 e. The van der Waals surface area contributed by atoms with Crippen molar-refractivity contribution in [2.45, 2.75) is 81.1 Å². The number of allylic oxidation sites excluding steroid dienone is 4. The number of pyridine rings is 1. The first-order valence-corrected chi connectivity index (χ1v) is 9.29. The van der Waals surface area contributed by atoms with E-state index in [1.807, 2.05) is 40.0 Å². The first-order chi connectivity index (χ1) is 11.7. The summed E-state index contributed by atoms with van der Waals surface area (Å²) in [5, 5.41) is 0. The van der Waals surface area contributed by atoms with Crippen molar-refractivity contribution in [1.82, 2.24) is 4.98 Å². The molecule has 1 heteroatoms. The third-order valence-corrected chi connectivity index (χ3v) is 3.93. The van der Waals surface area contributed by atoms with E-state index in [4.69, 9.17) is 0 Å². The molecule has 0 radical (unpaired) electrons. The van der Waals surface area contributed by atoms with Crippen molar-refractivity contribution in [3.8, 4) is 11.8 Å². The molecule has 0 amide bonds. The number of rotatable bonds is 5. The third kappa shape index (κ3) is 9.92. The molecule has 0 bridgehead atoms. The van der Waals surface area contributed by atoms with E-state index in [9.17, 15) is 0 Å². The van der Waals surface area contributed by atoms with Crippen molar-refractivity contribution in [3.63, 3.8) is 0 Å². The molecule has 0 aliphatic rings. The fourth-order valence-electron chi connectivity index (χ4n) is 2.95. The lowest BCUT2D eigenvalue weighted by atomic mass is 9.69. The molecular formula is C24H39N. The predicted octanol–water partition coefficient (Wildman–Crippen LogP) is 7.35. The molecule has 1 nitrogen and oxygen atoms in total. The molecule has 0 aliphatic carbocycles. The maximum absolute atomic E-state index is 4.53. The van der Waals surface area contributed by atoms with Gasteiger partial charge in [-0.3, -0.25) is 4.98 Å². The van der Waals surface area contributed by atoms with E-state index in [0.717, 1.165) is 6.42 Å². The zero-order valence-corrected chi connectivity index (χ0v) is 18.2. The van der Waals surface area contributed by atoms with Crippen molar-refractivity contribution in [2.75, 3.05) is 0 Å². The lowest BCUT2D eigenvalue weighted by Gasteiger charge is -2.35. The molecule has 140 valence electrons. The molecule has 0 saturated carbocycles. The van der Waals surface area contributed by atoms with Crippen LogP contribution in [0.5, 0.6) is 0 Å². The molecule has 0 unspecified atom stereocenters. The van der Waals surface area contributed by atoms with Crippen LogP contribution in [0.25, 0.3) is 0 Å². The maximum atomic E-state index is 4.53. The average Bonchev–Trinajstić information content (AvgIpc) is 2.61. The van der Waals surface area contributed by atoms with Crippen LogP contribution in [-0.4, -0.2) is 4.98 Å². The summed E-state index contributed by atoms with van der Waals surface area (Å²) < 4.78 is 0. The molecule has 0 aromatic carbocycles. The summed E-state index contributed by atoms with van der Waals surface area (Å²) in [6.07, 6.45) is 9.50. The predicted molar refractivity (Wildman–Crippen MR) is 115 cm³/mol. The standard InChI is InChI=1S/C18H27N.C4H6.C2H6/c1-7-11-15(8-2)17(3,4)14-18(5,6)16-12-9-10-13-19-16;1-3-4-2;1-2/h7-13H,14H2,1-6H3;1-2H3;1-2H3/b11-7-,15-8+;;. The topological polar surface area (TPSA) is 12.9 Å². The average molecular weight is 342 g/mol. The summed E-state index contributed by atoms with van der Waals surface area (Å²) in [5.41, 5.74) is 2.76. The number of hydrogen-bond acceptors (Lipinski definition) is 1. The minimum Gasteiger partial charge on any atom is -0.261 e. The minimum atomic E-state index is 0.0700. The van der Waals surface area contributed by atoms with Gasteiger partial charge in [-0.2, -0.15) is 0 Å². The van der Waals surface area contributed by atoms with E-state index in [0.29, 0.717) is 0 Å². The van der Waals surface area contributed by atoms with Crippen LogP contribution in [0.2, 0.25) is 0 Å². The lowest BCUT2D eigenvalue weighted by Crippen LogP contribution is -2.28. The van der Waals surface area contributed by atoms with Crippen LogP contribution in [-0.2, 0) is 5.41 Å². The number of aromatic nitrogens is 1. The second-order valence-electron chi connectivity index (χ2n) is 6.90. The highest BCUT2D eigenvalue weighted by Crippen LogP contribution is 2.40. The van der Waals surface area contributed by atoms with Crippen molar-refractivity contribution in [1.29, 1.82) is 0 Å². The Kier molecular flexibility index (Phi) is 13.7. The van der Waals surface area contributed by atoms with E-state index in [-0.39, 0.29) is 10.8 Å². The van der Waals surface area contributed by atoms with E-state index in [1.54, 1.807) is 0 Å². The molecule has 1 aromatic heterocycles. The van der Waals surface area contributed by atoms with Gasteiger partial charge in [0.15, 0.2) is 0 Å². The molecule has 0 spiro atoms. The summed E-state index contributed by atoms with van der Waals surface area (Å²) >= 11 is 0. The second kappa shape index (κ2) is 13.5. The fraction of sp³-hybridized carbons (Fsp3) is 0.542. The number of nitrogens with zero attached hydrogens (tertiary/aromatic N) is 1. The monoisotopic (exact) mass is 341 g/mol. The Morgan fingerprint density at radius 3 is 1.96 bits per heavy atom. The van der Waals surface area contributed by atoms with Crippen molar-refractivity contribution >= 4 is 0 Å². The molecule has 0 saturated heterocycles. The van der Waals surface area contributed by atoms with E-state index in [1.165, 1.54) is 11.3 Å². The molecule has 1 rings (SSSR count). The first-order valence-electron chi connectivity index (χ1n) is 9.29. The van der Waals surface area contributed by atoms with Crippen LogP contribution in [0, 0.1) is 17.3 Å². The van der Waals surface area contributed by atoms with Crippen LogP contribution >= 0.6 is 0 Å². The van der Waals surface area contributed by atoms with Crippen LogP contribution in [0.3, 0.4) is 0 Å². The Morgan fingerprint density at radius 2 is 1.60 bits per heavy atom. The Labute approximate surface area is 157 Å². The van der Waals surface area contributed by atoms with Crippen molar-refractivity contribution in [2.24, 2.45) is 5.41 Å². The van der Waals surface area contributed by atoms with Gasteiger partial charge < -0.3 is 0 Å². The SMILES string of the molecule is C/C=C\C(=C/C)C(C)(C)CC(C)(C)c1ccccn1.CC.CC#CC. The molecule has 0 aliphatic heterocycles. The lowest BCUT2D eigenvalue weighted by molar-refractivity contribution is 0.304. The largest absolute Gasteiger partial charge is 0.261 e. The van der Waals surface area contributed by atoms with Gasteiger partial charge in [-0.15, -0.1) is 11.8 Å². The van der Waals surface area contributed by atoms with E-state index < -0.39 is 0 Å². The molecular weight excluding hydrogens is 302 g/mol. The van der Waals surface area contributed by atoms with E-state index >= 15 is 0 Å². The zero-order valence-electron chi connectivity index (χ0n) is 18.2. The Balaban J connectivity index is 0. The quantitative estimate of drug-likeness (QED) is 0.403. The summed E-state index contributed by atoms with van der Waals surface area (Å²) in [4.78, 5) is 4.53. The van der Waals surface area contributed by atoms with Gasteiger partial charge in [0.2, 0.25) is 0 Å². The highest BCUT2D eigenvalue weighted by atomic mass is 14.7. The van der Waals surface area contributed by atoms with E-state index in [2.05, 4.69) is 88.7 Å². The van der Waals surface area contributed by atoms with Crippen molar-refractivity contribution in [3.05, 3.63) is 53.9 Å². The highest BCUT2D eigenvalue weighted by Gasteiger charge is 2.32. The Morgan fingerprint density at radius 1 is 1.04 bits per heavy atom. The smallest absolute Gasteiger partial charge is 0.0460 e. The van der Waals surface area contributed by atoms with Gasteiger partial charge >= 0.3 is 0 Å². The van der Waals surface area contributed by atoms with Crippen LogP contribution in [0.15, 0.2) is 48.2 Å². The second-order valence-corrected chi connectivity index (χ2v) is 6.90. The van der Waals surface area contributed by atoms with Crippen molar-refractivity contribution < 1.29 is 0 Å². The Bertz CT molecular complexity index is 557. The minimum absolute atomic E-state index is 0.0700. The molecule has 0 fully saturated rings. The molecule has 1 heterocycles. The summed E-state index contributed by atoms with van der Waals surface area (Å²) in [5.74, 6) is 5.36. The highest BCUT2D eigenvalue weighted by molar-refractivity contribution is 5.27. The van der Waals surface area contributed by atoms with Gasteiger partial charge in [-0.05, 0) is 57.2 Å². The fourth-order valence-corrected chi connectivity index (χ4v) is 2.95. The van der Waals surface area contributed by atoms with Gasteiger partial charge in [0.1, 0.15) is 0 Å². The van der Waals surface area contributed by atoms with Gasteiger partial charge in [-0.25, -0.2) is 0 Å². The molecule has 25 heavy (non-hydrogen) atoms. The normalized spacial score (nSPS) is 11.5. The summed E-state index contributed by atoms with van der Waals surface area (Å²) in [6.45, 7) is 21.0. The van der Waals surface area contributed by atoms with Gasteiger partial charge in [0, 0.05) is 17.3 Å². The molecule has 1 aromatic rings. The van der Waals surface area contributed by atoms with Gasteiger partial charge in [0.25, 0.3) is 0 Å². The van der Waals surface area contributed by atoms with Crippen LogP contribution in [0.1, 0.15) is 81.4 Å². The van der Waals surface area contributed by atoms with Crippen LogP contribution < -0.4 is 0 Å². The molecule has 0 atom stereocenters. The Hall–Kier alpha value is -1.81. The zero-order chi connectivity index (χ0) is 19.9. The number of hydrogen-bond donors (Lipinski definition) is 0. The van der Waals surface area contributed by atoms with Gasteiger partial charge in [0.05, 0.1) is 0 Å². The summed E-state index contributed by atoms with van der Waals surface area (Å²) in [6, 6.07) is 6.17. The van der Waals surface area contributed by atoms with Gasteiger partial charge in [-0.1, -0.05) is 65.8 Å². The third-order valence-electron chi connectivity index (χ3n) is 3.93.